The van der Waals surface area contributed by atoms with E-state index in [1.165, 1.54) is 61.8 Å². The first kappa shape index (κ1) is 14.0. The van der Waals surface area contributed by atoms with E-state index >= 15 is 0 Å². The largest absolute Gasteiger partial charge is 0.212 e. The molecule has 1 heterocycles. The highest BCUT2D eigenvalue weighted by atomic mass is 15.0. The van der Waals surface area contributed by atoms with Crippen LogP contribution >= 0.6 is 0 Å². The third-order valence-electron chi connectivity index (χ3n) is 6.02. The average Bonchev–Trinajstić information content (AvgIpc) is 2.88. The Balaban J connectivity index is 1.76. The van der Waals surface area contributed by atoms with Gasteiger partial charge in [-0.2, -0.15) is 4.57 Å². The molecule has 0 saturated heterocycles. The predicted octanol–water partition coefficient (Wildman–Crippen LogP) is 4.54. The van der Waals surface area contributed by atoms with Crippen LogP contribution in [-0.4, -0.2) is 0 Å². The number of aryl methyl sites for hydroxylation is 1. The summed E-state index contributed by atoms with van der Waals surface area (Å²) in [7, 11) is 2.27. The molecule has 0 amide bonds. The number of benzene rings is 1. The van der Waals surface area contributed by atoms with Crippen LogP contribution in [0.3, 0.4) is 0 Å². The molecular weight excluding hydrogens is 266 g/mol. The lowest BCUT2D eigenvalue weighted by Gasteiger charge is -2.32. The fourth-order valence-corrected chi connectivity index (χ4v) is 4.75. The Morgan fingerprint density at radius 2 is 1.68 bits per heavy atom. The monoisotopic (exact) mass is 292 g/mol. The summed E-state index contributed by atoms with van der Waals surface area (Å²) in [4.78, 5) is 0. The summed E-state index contributed by atoms with van der Waals surface area (Å²) >= 11 is 0. The van der Waals surface area contributed by atoms with Crippen molar-refractivity contribution in [3.05, 3.63) is 53.2 Å². The number of fused-ring (bicyclic) bond motifs is 1. The SMILES string of the molecule is Cc1ccccc1-c1ccc2c([n+]1C)CC1(CCCCC1)C2. The predicted molar refractivity (Wildman–Crippen MR) is 90.7 cm³/mol. The number of aromatic nitrogens is 1. The summed E-state index contributed by atoms with van der Waals surface area (Å²) in [5.41, 5.74) is 7.87. The van der Waals surface area contributed by atoms with E-state index in [4.69, 9.17) is 0 Å². The molecule has 1 heteroatoms. The van der Waals surface area contributed by atoms with Gasteiger partial charge >= 0.3 is 0 Å². The second kappa shape index (κ2) is 5.22. The van der Waals surface area contributed by atoms with Crippen molar-refractivity contribution in [3.8, 4) is 11.3 Å². The van der Waals surface area contributed by atoms with Crippen LogP contribution in [-0.2, 0) is 19.9 Å². The Kier molecular flexibility index (Phi) is 3.32. The van der Waals surface area contributed by atoms with E-state index in [0.717, 1.165) is 0 Å². The third kappa shape index (κ3) is 2.18. The Morgan fingerprint density at radius 1 is 0.909 bits per heavy atom. The normalized spacial score (nSPS) is 19.4. The van der Waals surface area contributed by atoms with E-state index < -0.39 is 0 Å². The van der Waals surface area contributed by atoms with Gasteiger partial charge in [0.15, 0.2) is 5.69 Å². The Labute approximate surface area is 134 Å². The lowest BCUT2D eigenvalue weighted by molar-refractivity contribution is -0.668. The molecule has 1 aromatic heterocycles. The molecule has 1 nitrogen and oxygen atoms in total. The molecule has 22 heavy (non-hydrogen) atoms. The summed E-state index contributed by atoms with van der Waals surface area (Å²) < 4.78 is 2.47. The van der Waals surface area contributed by atoms with Crippen molar-refractivity contribution in [2.45, 2.75) is 51.9 Å². The van der Waals surface area contributed by atoms with Crippen molar-refractivity contribution in [1.29, 1.82) is 0 Å². The summed E-state index contributed by atoms with van der Waals surface area (Å²) in [6.45, 7) is 2.21. The van der Waals surface area contributed by atoms with E-state index in [0.29, 0.717) is 5.41 Å². The minimum Gasteiger partial charge on any atom is -0.198 e. The second-order valence-electron chi connectivity index (χ2n) is 7.48. The van der Waals surface area contributed by atoms with Gasteiger partial charge in [-0.05, 0) is 49.3 Å². The minimum atomic E-state index is 0.586. The molecule has 1 aromatic carbocycles. The molecule has 1 spiro atoms. The van der Waals surface area contributed by atoms with Gasteiger partial charge in [-0.15, -0.1) is 0 Å². The second-order valence-corrected chi connectivity index (χ2v) is 7.48. The van der Waals surface area contributed by atoms with Crippen molar-refractivity contribution >= 4 is 0 Å². The van der Waals surface area contributed by atoms with E-state index in [-0.39, 0.29) is 0 Å². The first-order valence-electron chi connectivity index (χ1n) is 8.75. The summed E-state index contributed by atoms with van der Waals surface area (Å²) in [5, 5.41) is 0. The van der Waals surface area contributed by atoms with E-state index in [2.05, 4.69) is 54.9 Å². The smallest absolute Gasteiger partial charge is 0.198 e. The molecule has 2 aromatic rings. The molecule has 1 saturated carbocycles. The van der Waals surface area contributed by atoms with Crippen molar-refractivity contribution in [3.63, 3.8) is 0 Å². The molecule has 2 aliphatic carbocycles. The molecule has 0 bridgehead atoms. The lowest BCUT2D eigenvalue weighted by atomic mass is 9.72. The van der Waals surface area contributed by atoms with E-state index in [1.54, 1.807) is 11.3 Å². The summed E-state index contributed by atoms with van der Waals surface area (Å²) in [6, 6.07) is 13.5. The molecule has 0 radical (unpaired) electrons. The maximum atomic E-state index is 2.47. The topological polar surface area (TPSA) is 3.88 Å². The van der Waals surface area contributed by atoms with Crippen molar-refractivity contribution < 1.29 is 4.57 Å². The lowest BCUT2D eigenvalue weighted by Crippen LogP contribution is -2.37. The Morgan fingerprint density at radius 3 is 2.45 bits per heavy atom. The van der Waals surface area contributed by atoms with Crippen molar-refractivity contribution in [2.75, 3.05) is 0 Å². The van der Waals surface area contributed by atoms with E-state index in [9.17, 15) is 0 Å². The average molecular weight is 292 g/mol. The maximum Gasteiger partial charge on any atom is 0.212 e. The van der Waals surface area contributed by atoms with Gasteiger partial charge < -0.3 is 0 Å². The minimum absolute atomic E-state index is 0.586. The van der Waals surface area contributed by atoms with Crippen LogP contribution in [0.1, 0.15) is 48.9 Å². The first-order chi connectivity index (χ1) is 10.7. The summed E-state index contributed by atoms with van der Waals surface area (Å²) in [5.74, 6) is 0. The van der Waals surface area contributed by atoms with Gasteiger partial charge in [-0.3, -0.25) is 0 Å². The van der Waals surface area contributed by atoms with Gasteiger partial charge in [0.25, 0.3) is 0 Å². The quantitative estimate of drug-likeness (QED) is 0.680. The van der Waals surface area contributed by atoms with Crippen LogP contribution in [0.25, 0.3) is 11.3 Å². The zero-order valence-corrected chi connectivity index (χ0v) is 13.9. The third-order valence-corrected chi connectivity index (χ3v) is 6.02. The molecule has 0 N–H and O–H groups in total. The van der Waals surface area contributed by atoms with Crippen LogP contribution in [0.4, 0.5) is 0 Å². The molecule has 0 aliphatic heterocycles. The van der Waals surface area contributed by atoms with Crippen LogP contribution in [0.5, 0.6) is 0 Å². The van der Waals surface area contributed by atoms with Crippen LogP contribution in [0, 0.1) is 12.3 Å². The molecular formula is C21H26N+. The number of nitrogens with zero attached hydrogens (tertiary/aromatic N) is 1. The molecule has 0 unspecified atom stereocenters. The van der Waals surface area contributed by atoms with Gasteiger partial charge in [0.05, 0.1) is 0 Å². The zero-order chi connectivity index (χ0) is 15.2. The van der Waals surface area contributed by atoms with Gasteiger partial charge in [0.1, 0.15) is 7.05 Å². The van der Waals surface area contributed by atoms with Gasteiger partial charge in [0, 0.05) is 23.6 Å². The van der Waals surface area contributed by atoms with E-state index in [1.807, 2.05) is 0 Å². The number of hydrogen-bond donors (Lipinski definition) is 0. The van der Waals surface area contributed by atoms with Gasteiger partial charge in [-0.1, -0.05) is 37.5 Å². The van der Waals surface area contributed by atoms with Crippen molar-refractivity contribution in [2.24, 2.45) is 12.5 Å². The van der Waals surface area contributed by atoms with Crippen molar-refractivity contribution in [1.82, 2.24) is 0 Å². The highest BCUT2D eigenvalue weighted by Gasteiger charge is 2.42. The molecule has 2 aliphatic rings. The standard InChI is InChI=1S/C21H26N/c1-16-8-4-5-9-18(16)19-11-10-17-14-21(12-6-3-7-13-21)15-20(17)22(19)2/h4-5,8-11H,3,6-7,12-15H2,1-2H3/q+1. The van der Waals surface area contributed by atoms with Crippen LogP contribution in [0.15, 0.2) is 36.4 Å². The first-order valence-corrected chi connectivity index (χ1v) is 8.75. The van der Waals surface area contributed by atoms with Gasteiger partial charge in [0.2, 0.25) is 5.69 Å². The Bertz CT molecular complexity index is 708. The molecule has 1 fully saturated rings. The number of hydrogen-bond acceptors (Lipinski definition) is 0. The molecule has 114 valence electrons. The fourth-order valence-electron chi connectivity index (χ4n) is 4.75. The van der Waals surface area contributed by atoms with Crippen LogP contribution < -0.4 is 4.57 Å². The molecule has 0 atom stereocenters. The number of pyridine rings is 1. The number of rotatable bonds is 1. The zero-order valence-electron chi connectivity index (χ0n) is 13.9. The maximum absolute atomic E-state index is 2.47. The highest BCUT2D eigenvalue weighted by Crippen LogP contribution is 2.46. The van der Waals surface area contributed by atoms with Gasteiger partial charge in [-0.25, -0.2) is 0 Å². The van der Waals surface area contributed by atoms with Crippen LogP contribution in [0.2, 0.25) is 0 Å². The molecule has 4 rings (SSSR count). The highest BCUT2D eigenvalue weighted by molar-refractivity contribution is 5.61. The Hall–Kier alpha value is -1.63. The summed E-state index contributed by atoms with van der Waals surface area (Å²) in [6.07, 6.45) is 9.77. The fraction of sp³-hybridized carbons (Fsp3) is 0.476.